The molecule has 4 rings (SSSR count). The minimum absolute atomic E-state index is 0.154. The monoisotopic (exact) mass is 399 g/mol. The van der Waals surface area contributed by atoms with Gasteiger partial charge in [0.1, 0.15) is 18.2 Å². The first-order chi connectivity index (χ1) is 14.2. The topological polar surface area (TPSA) is 63.6 Å². The Morgan fingerprint density at radius 3 is 2.62 bits per heavy atom. The number of amides is 1. The normalized spacial score (nSPS) is 17.6. The van der Waals surface area contributed by atoms with E-state index < -0.39 is 0 Å². The molecule has 1 saturated heterocycles. The van der Waals surface area contributed by atoms with Crippen molar-refractivity contribution in [3.05, 3.63) is 59.9 Å². The van der Waals surface area contributed by atoms with E-state index in [4.69, 9.17) is 14.2 Å². The van der Waals surface area contributed by atoms with Crippen LogP contribution in [0.5, 0.6) is 5.75 Å². The summed E-state index contributed by atoms with van der Waals surface area (Å²) in [5.41, 5.74) is 1.14. The highest BCUT2D eigenvalue weighted by Crippen LogP contribution is 2.24. The van der Waals surface area contributed by atoms with Gasteiger partial charge >= 0.3 is 0 Å². The van der Waals surface area contributed by atoms with Crippen molar-refractivity contribution in [3.8, 4) is 5.75 Å². The highest BCUT2D eigenvalue weighted by Gasteiger charge is 2.25. The minimum atomic E-state index is -0.377. The van der Waals surface area contributed by atoms with Crippen LogP contribution in [-0.2, 0) is 14.3 Å². The zero-order chi connectivity index (χ0) is 20.1. The van der Waals surface area contributed by atoms with E-state index in [0.717, 1.165) is 32.8 Å². The Morgan fingerprint density at radius 1 is 1.07 bits per heavy atom. The molecule has 2 aliphatic rings. The molecule has 1 amide bonds. The van der Waals surface area contributed by atoms with Crippen molar-refractivity contribution >= 4 is 17.5 Å². The number of nitrogens with zero attached hydrogens (tertiary/aromatic N) is 3. The van der Waals surface area contributed by atoms with Crippen molar-refractivity contribution in [1.82, 2.24) is 4.90 Å². The van der Waals surface area contributed by atoms with Gasteiger partial charge in [0.05, 0.1) is 24.5 Å². The molecule has 8 heteroatoms. The third kappa shape index (κ3) is 4.72. The number of carbonyl (C=O) groups is 1. The third-order valence-electron chi connectivity index (χ3n) is 4.72. The number of hydrogen-bond donors (Lipinski definition) is 0. The van der Waals surface area contributed by atoms with E-state index in [1.807, 2.05) is 24.3 Å². The zero-order valence-corrected chi connectivity index (χ0v) is 15.9. The van der Waals surface area contributed by atoms with Gasteiger partial charge in [-0.05, 0) is 36.4 Å². The average Bonchev–Trinajstić information content (AvgIpc) is 2.76. The van der Waals surface area contributed by atoms with E-state index in [1.54, 1.807) is 0 Å². The van der Waals surface area contributed by atoms with Crippen LogP contribution in [0.2, 0.25) is 0 Å². The quantitative estimate of drug-likeness (QED) is 0.746. The van der Waals surface area contributed by atoms with Crippen LogP contribution in [0, 0.1) is 5.82 Å². The summed E-state index contributed by atoms with van der Waals surface area (Å²) in [7, 11) is 0. The number of hydrogen-bond acceptors (Lipinski definition) is 6. The van der Waals surface area contributed by atoms with Gasteiger partial charge in [-0.15, -0.1) is 5.10 Å². The Bertz CT molecular complexity index is 882. The van der Waals surface area contributed by atoms with E-state index >= 15 is 0 Å². The predicted octanol–water partition coefficient (Wildman–Crippen LogP) is 2.26. The maximum atomic E-state index is 13.2. The molecular weight excluding hydrogens is 377 g/mol. The number of carbonyl (C=O) groups excluding carboxylic acids is 1. The summed E-state index contributed by atoms with van der Waals surface area (Å²) in [6.07, 6.45) is 0. The summed E-state index contributed by atoms with van der Waals surface area (Å²) in [5.74, 6) is 0.215. The number of para-hydroxylation sites is 1. The molecule has 0 unspecified atom stereocenters. The van der Waals surface area contributed by atoms with Crippen LogP contribution in [0.25, 0.3) is 0 Å². The van der Waals surface area contributed by atoms with Crippen LogP contribution in [0.15, 0.2) is 53.6 Å². The van der Waals surface area contributed by atoms with E-state index in [9.17, 15) is 9.18 Å². The van der Waals surface area contributed by atoms with Gasteiger partial charge in [0, 0.05) is 19.6 Å². The number of ether oxygens (including phenoxy) is 3. The van der Waals surface area contributed by atoms with E-state index in [0.29, 0.717) is 23.6 Å². The van der Waals surface area contributed by atoms with Gasteiger partial charge in [-0.3, -0.25) is 9.69 Å². The highest BCUT2D eigenvalue weighted by atomic mass is 19.1. The van der Waals surface area contributed by atoms with E-state index in [-0.39, 0.29) is 24.2 Å². The van der Waals surface area contributed by atoms with Crippen molar-refractivity contribution in [2.75, 3.05) is 51.1 Å². The average molecular weight is 399 g/mol. The second-order valence-corrected chi connectivity index (χ2v) is 6.67. The Hall–Kier alpha value is -2.97. The Morgan fingerprint density at radius 2 is 1.83 bits per heavy atom. The summed E-state index contributed by atoms with van der Waals surface area (Å²) >= 11 is 0. The van der Waals surface area contributed by atoms with Crippen LogP contribution in [0.1, 0.15) is 5.56 Å². The van der Waals surface area contributed by atoms with Crippen LogP contribution in [0.3, 0.4) is 0 Å². The summed E-state index contributed by atoms with van der Waals surface area (Å²) < 4.78 is 30.1. The van der Waals surface area contributed by atoms with E-state index in [2.05, 4.69) is 10.0 Å². The molecule has 0 bridgehead atoms. The standard InChI is InChI=1S/C21H22FN3O4/c22-16-5-7-17(8-6-16)25-20(26)15-29-21(23-25)18-3-1-2-4-19(18)28-14-11-24-9-12-27-13-10-24/h1-8H,9-15H2. The molecule has 2 heterocycles. The second kappa shape index (κ2) is 9.02. The minimum Gasteiger partial charge on any atom is -0.491 e. The zero-order valence-electron chi connectivity index (χ0n) is 15.9. The van der Waals surface area contributed by atoms with Crippen molar-refractivity contribution in [1.29, 1.82) is 0 Å². The molecule has 152 valence electrons. The van der Waals surface area contributed by atoms with Gasteiger partial charge in [0.25, 0.3) is 5.91 Å². The molecule has 2 aromatic rings. The maximum Gasteiger partial charge on any atom is 0.285 e. The molecule has 0 aromatic heterocycles. The molecule has 2 aromatic carbocycles. The van der Waals surface area contributed by atoms with Crippen molar-refractivity contribution in [2.45, 2.75) is 0 Å². The van der Waals surface area contributed by atoms with Gasteiger partial charge in [0.2, 0.25) is 5.90 Å². The molecule has 0 N–H and O–H groups in total. The summed E-state index contributed by atoms with van der Waals surface area (Å²) in [4.78, 5) is 14.5. The van der Waals surface area contributed by atoms with E-state index in [1.165, 1.54) is 29.3 Å². The SMILES string of the molecule is O=C1COC(c2ccccc2OCCN2CCOCC2)=NN1c1ccc(F)cc1. The molecule has 2 aliphatic heterocycles. The van der Waals surface area contributed by atoms with Crippen LogP contribution < -0.4 is 9.75 Å². The lowest BCUT2D eigenvalue weighted by atomic mass is 10.2. The number of rotatable bonds is 6. The third-order valence-corrected chi connectivity index (χ3v) is 4.72. The maximum absolute atomic E-state index is 13.2. The summed E-state index contributed by atoms with van der Waals surface area (Å²) in [6.45, 7) is 4.45. The Kier molecular flexibility index (Phi) is 6.02. The van der Waals surface area contributed by atoms with Gasteiger partial charge in [-0.2, -0.15) is 5.01 Å². The lowest BCUT2D eigenvalue weighted by molar-refractivity contribution is -0.121. The molecule has 7 nitrogen and oxygen atoms in total. The molecule has 0 saturated carbocycles. The molecule has 1 fully saturated rings. The number of benzene rings is 2. The number of anilines is 1. The molecule has 0 aliphatic carbocycles. The lowest BCUT2D eigenvalue weighted by Gasteiger charge is -2.27. The van der Waals surface area contributed by atoms with Gasteiger partial charge in [-0.1, -0.05) is 12.1 Å². The fraction of sp³-hybridized carbons (Fsp3) is 0.333. The van der Waals surface area contributed by atoms with Crippen molar-refractivity contribution in [3.63, 3.8) is 0 Å². The second-order valence-electron chi connectivity index (χ2n) is 6.67. The van der Waals surface area contributed by atoms with Crippen LogP contribution in [0.4, 0.5) is 10.1 Å². The molecule has 0 atom stereocenters. The Balaban J connectivity index is 1.50. The fourth-order valence-corrected chi connectivity index (χ4v) is 3.16. The number of hydrazone groups is 1. The number of morpholine rings is 1. The molecular formula is C21H22FN3O4. The van der Waals surface area contributed by atoms with Crippen molar-refractivity contribution in [2.24, 2.45) is 5.10 Å². The highest BCUT2D eigenvalue weighted by molar-refractivity contribution is 6.05. The number of halogens is 1. The summed E-state index contributed by atoms with van der Waals surface area (Å²) in [6, 6.07) is 13.0. The van der Waals surface area contributed by atoms with Crippen LogP contribution >= 0.6 is 0 Å². The fourth-order valence-electron chi connectivity index (χ4n) is 3.16. The molecule has 0 radical (unpaired) electrons. The molecule has 29 heavy (non-hydrogen) atoms. The first-order valence-corrected chi connectivity index (χ1v) is 9.53. The van der Waals surface area contributed by atoms with Gasteiger partial charge in [-0.25, -0.2) is 4.39 Å². The van der Waals surface area contributed by atoms with Crippen LogP contribution in [-0.4, -0.2) is 62.8 Å². The molecule has 0 spiro atoms. The first kappa shape index (κ1) is 19.4. The van der Waals surface area contributed by atoms with Gasteiger partial charge < -0.3 is 14.2 Å². The van der Waals surface area contributed by atoms with Crippen molar-refractivity contribution < 1.29 is 23.4 Å². The van der Waals surface area contributed by atoms with Gasteiger partial charge in [0.15, 0.2) is 6.61 Å². The smallest absolute Gasteiger partial charge is 0.285 e. The predicted molar refractivity (Wildman–Crippen MR) is 106 cm³/mol. The largest absolute Gasteiger partial charge is 0.491 e. The first-order valence-electron chi connectivity index (χ1n) is 9.53. The Labute approximate surface area is 168 Å². The lowest BCUT2D eigenvalue weighted by Crippen LogP contribution is -2.39. The summed E-state index contributed by atoms with van der Waals surface area (Å²) in [5, 5.41) is 5.57.